The Kier molecular flexibility index (Phi) is 3.73. The second kappa shape index (κ2) is 5.29. The van der Waals surface area contributed by atoms with E-state index in [4.69, 9.17) is 0 Å². The second-order valence-electron chi connectivity index (χ2n) is 8.15. The Labute approximate surface area is 141 Å². The molecule has 6 nitrogen and oxygen atoms in total. The van der Waals surface area contributed by atoms with E-state index in [1.807, 2.05) is 27.7 Å². The van der Waals surface area contributed by atoms with Gasteiger partial charge in [-0.2, -0.15) is 0 Å². The lowest BCUT2D eigenvalue weighted by atomic mass is 9.90. The summed E-state index contributed by atoms with van der Waals surface area (Å²) in [7, 11) is 0. The van der Waals surface area contributed by atoms with Crippen molar-refractivity contribution in [1.82, 2.24) is 0 Å². The van der Waals surface area contributed by atoms with Crippen LogP contribution in [0.2, 0.25) is 0 Å². The fraction of sp³-hybridized carbons (Fsp3) is 0.556. The third-order valence-corrected chi connectivity index (χ3v) is 5.08. The molecule has 2 heterocycles. The van der Waals surface area contributed by atoms with Gasteiger partial charge in [0.15, 0.2) is 0 Å². The van der Waals surface area contributed by atoms with Crippen LogP contribution < -0.4 is 9.80 Å². The van der Waals surface area contributed by atoms with Crippen LogP contribution in [0, 0.1) is 10.8 Å². The van der Waals surface area contributed by atoms with Gasteiger partial charge in [-0.25, -0.2) is 0 Å². The largest absolute Gasteiger partial charge is 0.383 e. The SMILES string of the molecule is CC1(C)CN(c2ccc(N3CC(C)(C)C(O)C3=O)cc2)C(=O)C1O. The molecule has 2 amide bonds. The Morgan fingerprint density at radius 1 is 0.792 bits per heavy atom. The fourth-order valence-corrected chi connectivity index (χ4v) is 3.36. The first-order valence-electron chi connectivity index (χ1n) is 8.13. The lowest BCUT2D eigenvalue weighted by molar-refractivity contribution is -0.127. The zero-order valence-corrected chi connectivity index (χ0v) is 14.5. The van der Waals surface area contributed by atoms with Gasteiger partial charge in [0.1, 0.15) is 12.2 Å². The second-order valence-corrected chi connectivity index (χ2v) is 8.15. The summed E-state index contributed by atoms with van der Waals surface area (Å²) in [5.41, 5.74) is 0.406. The van der Waals surface area contributed by atoms with Crippen molar-refractivity contribution in [3.05, 3.63) is 24.3 Å². The maximum atomic E-state index is 12.2. The highest BCUT2D eigenvalue weighted by atomic mass is 16.3. The molecular formula is C18H24N2O4. The summed E-state index contributed by atoms with van der Waals surface area (Å²) in [6, 6.07) is 7.08. The van der Waals surface area contributed by atoms with E-state index in [-0.39, 0.29) is 11.8 Å². The van der Waals surface area contributed by atoms with Crippen LogP contribution in [0.5, 0.6) is 0 Å². The highest BCUT2D eigenvalue weighted by Crippen LogP contribution is 2.37. The zero-order chi connectivity index (χ0) is 17.9. The lowest BCUT2D eigenvalue weighted by Gasteiger charge is -2.22. The number of hydrogen-bond acceptors (Lipinski definition) is 4. The van der Waals surface area contributed by atoms with Crippen LogP contribution in [0.15, 0.2) is 24.3 Å². The molecular weight excluding hydrogens is 308 g/mol. The first-order valence-corrected chi connectivity index (χ1v) is 8.13. The zero-order valence-electron chi connectivity index (χ0n) is 14.5. The molecule has 0 bridgehead atoms. The summed E-state index contributed by atoms with van der Waals surface area (Å²) in [5.74, 6) is -0.608. The van der Waals surface area contributed by atoms with Crippen LogP contribution in [0.4, 0.5) is 11.4 Å². The number of rotatable bonds is 2. The van der Waals surface area contributed by atoms with Gasteiger partial charge in [-0.15, -0.1) is 0 Å². The van der Waals surface area contributed by atoms with Crippen LogP contribution in [-0.2, 0) is 9.59 Å². The van der Waals surface area contributed by atoms with E-state index in [9.17, 15) is 19.8 Å². The standard InChI is InChI=1S/C18H24N2O4/c1-17(2)9-19(15(23)13(17)21)11-5-7-12(8-6-11)20-10-18(3,4)14(22)16(20)24/h5-8,13-14,21-22H,9-10H2,1-4H3. The number of amides is 2. The first kappa shape index (κ1) is 16.9. The van der Waals surface area contributed by atoms with Gasteiger partial charge in [0.25, 0.3) is 11.8 Å². The summed E-state index contributed by atoms with van der Waals surface area (Å²) in [4.78, 5) is 27.6. The van der Waals surface area contributed by atoms with Gasteiger partial charge >= 0.3 is 0 Å². The maximum Gasteiger partial charge on any atom is 0.256 e. The molecule has 2 aliphatic rings. The number of anilines is 2. The number of aliphatic hydroxyl groups excluding tert-OH is 2. The monoisotopic (exact) mass is 332 g/mol. The van der Waals surface area contributed by atoms with E-state index >= 15 is 0 Å². The number of nitrogens with zero attached hydrogens (tertiary/aromatic N) is 2. The molecule has 24 heavy (non-hydrogen) atoms. The topological polar surface area (TPSA) is 81.1 Å². The third kappa shape index (κ3) is 2.50. The van der Waals surface area contributed by atoms with Crippen molar-refractivity contribution in [1.29, 1.82) is 0 Å². The van der Waals surface area contributed by atoms with Crippen molar-refractivity contribution < 1.29 is 19.8 Å². The number of benzene rings is 1. The lowest BCUT2D eigenvalue weighted by Crippen LogP contribution is -2.31. The van der Waals surface area contributed by atoms with Gasteiger partial charge in [0.2, 0.25) is 0 Å². The van der Waals surface area contributed by atoms with Crippen molar-refractivity contribution in [2.75, 3.05) is 22.9 Å². The molecule has 6 heteroatoms. The molecule has 2 atom stereocenters. The predicted molar refractivity (Wildman–Crippen MR) is 90.7 cm³/mol. The molecule has 130 valence electrons. The van der Waals surface area contributed by atoms with Crippen molar-refractivity contribution in [3.8, 4) is 0 Å². The summed E-state index contributed by atoms with van der Waals surface area (Å²) >= 11 is 0. The van der Waals surface area contributed by atoms with Crippen LogP contribution in [0.3, 0.4) is 0 Å². The Morgan fingerprint density at radius 3 is 1.29 bits per heavy atom. The van der Waals surface area contributed by atoms with Crippen LogP contribution in [0.1, 0.15) is 27.7 Å². The predicted octanol–water partition coefficient (Wildman–Crippen LogP) is 1.15. The average molecular weight is 332 g/mol. The highest BCUT2D eigenvalue weighted by molar-refractivity contribution is 6.01. The Morgan fingerprint density at radius 2 is 1.08 bits per heavy atom. The number of carbonyl (C=O) groups excluding carboxylic acids is 2. The van der Waals surface area contributed by atoms with Crippen LogP contribution in [0.25, 0.3) is 0 Å². The molecule has 0 radical (unpaired) electrons. The minimum absolute atomic E-state index is 0.304. The highest BCUT2D eigenvalue weighted by Gasteiger charge is 2.47. The number of hydrogen-bond donors (Lipinski definition) is 2. The Balaban J connectivity index is 1.83. The average Bonchev–Trinajstić information content (AvgIpc) is 2.87. The minimum Gasteiger partial charge on any atom is -0.383 e. The molecule has 0 aromatic heterocycles. The van der Waals surface area contributed by atoms with Crippen molar-refractivity contribution in [2.24, 2.45) is 10.8 Å². The van der Waals surface area contributed by atoms with Crippen LogP contribution in [-0.4, -0.2) is 47.3 Å². The molecule has 3 rings (SSSR count). The van der Waals surface area contributed by atoms with Gasteiger partial charge in [-0.1, -0.05) is 27.7 Å². The van der Waals surface area contributed by atoms with Gasteiger partial charge < -0.3 is 20.0 Å². The maximum absolute atomic E-state index is 12.2. The molecule has 1 aromatic rings. The molecule has 0 saturated carbocycles. The smallest absolute Gasteiger partial charge is 0.256 e. The van der Waals surface area contributed by atoms with Crippen LogP contribution >= 0.6 is 0 Å². The van der Waals surface area contributed by atoms with E-state index in [1.165, 1.54) is 0 Å². The van der Waals surface area contributed by atoms with Gasteiger partial charge in [0, 0.05) is 35.3 Å². The van der Waals surface area contributed by atoms with E-state index in [1.54, 1.807) is 34.1 Å². The summed E-state index contributed by atoms with van der Waals surface area (Å²) < 4.78 is 0. The molecule has 2 fully saturated rings. The van der Waals surface area contributed by atoms with Gasteiger partial charge in [0.05, 0.1) is 0 Å². The van der Waals surface area contributed by atoms with Gasteiger partial charge in [-0.05, 0) is 24.3 Å². The quantitative estimate of drug-likeness (QED) is 0.851. The molecule has 1 aromatic carbocycles. The van der Waals surface area contributed by atoms with Gasteiger partial charge in [-0.3, -0.25) is 9.59 Å². The molecule has 0 aliphatic carbocycles. The minimum atomic E-state index is -1.01. The molecule has 2 aliphatic heterocycles. The van der Waals surface area contributed by atoms with E-state index < -0.39 is 23.0 Å². The summed E-state index contributed by atoms with van der Waals surface area (Å²) in [6.45, 7) is 8.32. The van der Waals surface area contributed by atoms with E-state index in [0.29, 0.717) is 24.5 Å². The van der Waals surface area contributed by atoms with E-state index in [0.717, 1.165) is 0 Å². The Bertz CT molecular complexity index is 622. The van der Waals surface area contributed by atoms with Crippen molar-refractivity contribution in [2.45, 2.75) is 39.9 Å². The molecule has 2 saturated heterocycles. The molecule has 2 unspecified atom stereocenters. The number of carbonyl (C=O) groups is 2. The first-order chi connectivity index (χ1) is 11.0. The summed E-state index contributed by atoms with van der Waals surface area (Å²) in [6.07, 6.45) is -2.01. The summed E-state index contributed by atoms with van der Waals surface area (Å²) in [5, 5.41) is 20.1. The van der Waals surface area contributed by atoms with Crippen molar-refractivity contribution >= 4 is 23.2 Å². The molecule has 2 N–H and O–H groups in total. The van der Waals surface area contributed by atoms with E-state index in [2.05, 4.69) is 0 Å². The normalized spacial score (nSPS) is 28.8. The van der Waals surface area contributed by atoms with Crippen molar-refractivity contribution in [3.63, 3.8) is 0 Å². The Hall–Kier alpha value is -1.92. The third-order valence-electron chi connectivity index (χ3n) is 5.08. The fourth-order valence-electron chi connectivity index (χ4n) is 3.36. The number of aliphatic hydroxyl groups is 2. The molecule has 0 spiro atoms.